The van der Waals surface area contributed by atoms with Crippen LogP contribution in [-0.2, 0) is 13.1 Å². The van der Waals surface area contributed by atoms with Gasteiger partial charge in [0.1, 0.15) is 5.82 Å². The zero-order valence-electron chi connectivity index (χ0n) is 10.8. The second kappa shape index (κ2) is 6.12. The molecule has 18 heavy (non-hydrogen) atoms. The van der Waals surface area contributed by atoms with Gasteiger partial charge in [-0.1, -0.05) is 0 Å². The van der Waals surface area contributed by atoms with Crippen molar-refractivity contribution in [1.82, 2.24) is 14.9 Å². The van der Waals surface area contributed by atoms with Crippen molar-refractivity contribution in [1.29, 1.82) is 0 Å². The van der Waals surface area contributed by atoms with Gasteiger partial charge in [0.05, 0.1) is 0 Å². The molecule has 1 N–H and O–H groups in total. The third-order valence-electron chi connectivity index (χ3n) is 2.73. The van der Waals surface area contributed by atoms with Crippen LogP contribution in [0, 0.1) is 0 Å². The molecule has 0 saturated heterocycles. The van der Waals surface area contributed by atoms with E-state index in [4.69, 9.17) is 0 Å². The standard InChI is InChI=1S/C14H18N4/c1-15-14-9-13(5-8-17-14)11-18(2)10-12-3-6-16-7-4-12/h3-9H,10-11H2,1-2H3,(H,15,17). The van der Waals surface area contributed by atoms with Gasteiger partial charge in [0.2, 0.25) is 0 Å². The summed E-state index contributed by atoms with van der Waals surface area (Å²) in [5.74, 6) is 0.907. The summed E-state index contributed by atoms with van der Waals surface area (Å²) in [5.41, 5.74) is 2.53. The SMILES string of the molecule is CNc1cc(CN(C)Cc2ccncc2)ccn1. The van der Waals surface area contributed by atoms with Gasteiger partial charge >= 0.3 is 0 Å². The van der Waals surface area contributed by atoms with Crippen molar-refractivity contribution < 1.29 is 0 Å². The molecule has 4 heteroatoms. The van der Waals surface area contributed by atoms with Gasteiger partial charge in [-0.3, -0.25) is 9.88 Å². The maximum atomic E-state index is 4.21. The summed E-state index contributed by atoms with van der Waals surface area (Å²) in [6.07, 6.45) is 5.49. The molecule has 0 amide bonds. The highest BCUT2D eigenvalue weighted by atomic mass is 15.1. The van der Waals surface area contributed by atoms with Crippen LogP contribution >= 0.6 is 0 Å². The summed E-state index contributed by atoms with van der Waals surface area (Å²) in [6, 6.07) is 8.21. The highest BCUT2D eigenvalue weighted by molar-refractivity contribution is 5.36. The minimum absolute atomic E-state index is 0.902. The predicted molar refractivity (Wildman–Crippen MR) is 73.2 cm³/mol. The van der Waals surface area contributed by atoms with Gasteiger partial charge in [-0.2, -0.15) is 0 Å². The van der Waals surface area contributed by atoms with Crippen LogP contribution in [0.1, 0.15) is 11.1 Å². The first-order valence-corrected chi connectivity index (χ1v) is 5.98. The zero-order chi connectivity index (χ0) is 12.8. The first-order chi connectivity index (χ1) is 8.78. The lowest BCUT2D eigenvalue weighted by Crippen LogP contribution is -2.17. The summed E-state index contributed by atoms with van der Waals surface area (Å²) in [5, 5.41) is 3.05. The van der Waals surface area contributed by atoms with Crippen molar-refractivity contribution in [2.24, 2.45) is 0 Å². The van der Waals surface area contributed by atoms with Crippen LogP contribution in [0.2, 0.25) is 0 Å². The summed E-state index contributed by atoms with van der Waals surface area (Å²) < 4.78 is 0. The topological polar surface area (TPSA) is 41.0 Å². The number of nitrogens with zero attached hydrogens (tertiary/aromatic N) is 3. The van der Waals surface area contributed by atoms with E-state index in [1.165, 1.54) is 11.1 Å². The second-order valence-electron chi connectivity index (χ2n) is 4.33. The Labute approximate surface area is 108 Å². The molecule has 2 aromatic heterocycles. The highest BCUT2D eigenvalue weighted by Gasteiger charge is 2.02. The molecule has 0 saturated carbocycles. The van der Waals surface area contributed by atoms with Crippen LogP contribution in [0.25, 0.3) is 0 Å². The largest absolute Gasteiger partial charge is 0.373 e. The molecular formula is C14H18N4. The van der Waals surface area contributed by atoms with E-state index in [0.717, 1.165) is 18.9 Å². The number of hydrogen-bond acceptors (Lipinski definition) is 4. The monoisotopic (exact) mass is 242 g/mol. The zero-order valence-corrected chi connectivity index (χ0v) is 10.8. The van der Waals surface area contributed by atoms with Gasteiger partial charge in [-0.25, -0.2) is 4.98 Å². The summed E-state index contributed by atoms with van der Waals surface area (Å²) in [6.45, 7) is 1.82. The van der Waals surface area contributed by atoms with Crippen molar-refractivity contribution >= 4 is 5.82 Å². The Morgan fingerprint density at radius 3 is 2.44 bits per heavy atom. The molecule has 0 aliphatic rings. The van der Waals surface area contributed by atoms with Gasteiger partial charge in [-0.05, 0) is 42.4 Å². The van der Waals surface area contributed by atoms with E-state index >= 15 is 0 Å². The van der Waals surface area contributed by atoms with E-state index in [9.17, 15) is 0 Å². The van der Waals surface area contributed by atoms with Crippen LogP contribution in [0.15, 0.2) is 42.9 Å². The average Bonchev–Trinajstić information content (AvgIpc) is 2.40. The first-order valence-electron chi connectivity index (χ1n) is 5.98. The van der Waals surface area contributed by atoms with Crippen LogP contribution in [0.4, 0.5) is 5.82 Å². The number of rotatable bonds is 5. The number of nitrogens with one attached hydrogen (secondary N) is 1. The molecule has 0 aromatic carbocycles. The minimum Gasteiger partial charge on any atom is -0.373 e. The van der Waals surface area contributed by atoms with Crippen LogP contribution in [0.5, 0.6) is 0 Å². The van der Waals surface area contributed by atoms with E-state index in [1.807, 2.05) is 43.8 Å². The van der Waals surface area contributed by atoms with Crippen LogP contribution in [0.3, 0.4) is 0 Å². The summed E-state index contributed by atoms with van der Waals surface area (Å²) >= 11 is 0. The van der Waals surface area contributed by atoms with E-state index in [-0.39, 0.29) is 0 Å². The van der Waals surface area contributed by atoms with E-state index in [2.05, 4.69) is 33.3 Å². The van der Waals surface area contributed by atoms with Crippen molar-refractivity contribution in [2.45, 2.75) is 13.1 Å². The number of anilines is 1. The van der Waals surface area contributed by atoms with Gasteiger partial charge in [0.15, 0.2) is 0 Å². The quantitative estimate of drug-likeness (QED) is 0.872. The first kappa shape index (κ1) is 12.5. The maximum Gasteiger partial charge on any atom is 0.125 e. The number of hydrogen-bond donors (Lipinski definition) is 1. The molecule has 94 valence electrons. The molecule has 2 heterocycles. The molecule has 2 rings (SSSR count). The molecule has 0 radical (unpaired) electrons. The smallest absolute Gasteiger partial charge is 0.125 e. The van der Waals surface area contributed by atoms with Gasteiger partial charge in [-0.15, -0.1) is 0 Å². The Morgan fingerprint density at radius 2 is 1.72 bits per heavy atom. The van der Waals surface area contributed by atoms with Gasteiger partial charge < -0.3 is 5.32 Å². The maximum absolute atomic E-state index is 4.21. The lowest BCUT2D eigenvalue weighted by molar-refractivity contribution is 0.319. The normalized spacial score (nSPS) is 10.6. The van der Waals surface area contributed by atoms with Gasteiger partial charge in [0, 0.05) is 38.7 Å². The van der Waals surface area contributed by atoms with Crippen LogP contribution < -0.4 is 5.32 Å². The molecule has 0 bridgehead atoms. The molecule has 2 aromatic rings. The molecule has 0 atom stereocenters. The third-order valence-corrected chi connectivity index (χ3v) is 2.73. The molecular weight excluding hydrogens is 224 g/mol. The Bertz CT molecular complexity index is 484. The van der Waals surface area contributed by atoms with Crippen molar-refractivity contribution in [3.05, 3.63) is 54.0 Å². The molecule has 0 aliphatic carbocycles. The summed E-state index contributed by atoms with van der Waals surface area (Å²) in [4.78, 5) is 10.5. The number of aromatic nitrogens is 2. The minimum atomic E-state index is 0.902. The highest BCUT2D eigenvalue weighted by Crippen LogP contribution is 2.10. The van der Waals surface area contributed by atoms with Crippen LogP contribution in [-0.4, -0.2) is 29.0 Å². The van der Waals surface area contributed by atoms with Crippen molar-refractivity contribution in [3.8, 4) is 0 Å². The molecule has 0 unspecified atom stereocenters. The fraction of sp³-hybridized carbons (Fsp3) is 0.286. The Balaban J connectivity index is 1.96. The molecule has 0 spiro atoms. The Kier molecular flexibility index (Phi) is 4.25. The van der Waals surface area contributed by atoms with E-state index in [0.29, 0.717) is 0 Å². The van der Waals surface area contributed by atoms with Crippen molar-refractivity contribution in [2.75, 3.05) is 19.4 Å². The lowest BCUT2D eigenvalue weighted by Gasteiger charge is -2.17. The van der Waals surface area contributed by atoms with E-state index in [1.54, 1.807) is 0 Å². The second-order valence-corrected chi connectivity index (χ2v) is 4.33. The Morgan fingerprint density at radius 1 is 1.06 bits per heavy atom. The average molecular weight is 242 g/mol. The lowest BCUT2D eigenvalue weighted by atomic mass is 10.2. The van der Waals surface area contributed by atoms with Gasteiger partial charge in [0.25, 0.3) is 0 Å². The molecule has 0 aliphatic heterocycles. The fourth-order valence-corrected chi connectivity index (χ4v) is 1.88. The fourth-order valence-electron chi connectivity index (χ4n) is 1.88. The molecule has 0 fully saturated rings. The summed E-state index contributed by atoms with van der Waals surface area (Å²) in [7, 11) is 3.99. The Hall–Kier alpha value is -1.94. The third kappa shape index (κ3) is 3.53. The van der Waals surface area contributed by atoms with E-state index < -0.39 is 0 Å². The van der Waals surface area contributed by atoms with Crippen molar-refractivity contribution in [3.63, 3.8) is 0 Å². The molecule has 4 nitrogen and oxygen atoms in total. The number of pyridine rings is 2. The predicted octanol–water partition coefficient (Wildman–Crippen LogP) is 2.15.